The molecular formula is C20H32N2O2. The van der Waals surface area contributed by atoms with Crippen LogP contribution in [-0.4, -0.2) is 47.8 Å². The van der Waals surface area contributed by atoms with Gasteiger partial charge in [-0.3, -0.25) is 9.59 Å². The van der Waals surface area contributed by atoms with E-state index in [0.29, 0.717) is 32.6 Å². The summed E-state index contributed by atoms with van der Waals surface area (Å²) in [7, 11) is 0. The molecule has 0 atom stereocenters. The summed E-state index contributed by atoms with van der Waals surface area (Å²) in [5.74, 6) is 0.282. The maximum absolute atomic E-state index is 12.5. The molecule has 1 aliphatic carbocycles. The predicted molar refractivity (Wildman–Crippen MR) is 97.5 cm³/mol. The van der Waals surface area contributed by atoms with Crippen molar-refractivity contribution in [3.63, 3.8) is 0 Å². The summed E-state index contributed by atoms with van der Waals surface area (Å²) < 4.78 is 0. The molecule has 0 bridgehead atoms. The van der Waals surface area contributed by atoms with Crippen LogP contribution in [-0.2, 0) is 9.59 Å². The summed E-state index contributed by atoms with van der Waals surface area (Å²) in [5.41, 5.74) is 2.88. The fourth-order valence-electron chi connectivity index (χ4n) is 3.82. The number of allylic oxidation sites excluding steroid dienone is 3. The van der Waals surface area contributed by atoms with Gasteiger partial charge in [-0.2, -0.15) is 0 Å². The fourth-order valence-corrected chi connectivity index (χ4v) is 3.82. The van der Waals surface area contributed by atoms with Crippen molar-refractivity contribution < 1.29 is 9.59 Å². The van der Waals surface area contributed by atoms with Crippen LogP contribution in [0.4, 0.5) is 0 Å². The Morgan fingerprint density at radius 1 is 1.12 bits per heavy atom. The monoisotopic (exact) mass is 332 g/mol. The van der Waals surface area contributed by atoms with Gasteiger partial charge in [0, 0.05) is 38.7 Å². The summed E-state index contributed by atoms with van der Waals surface area (Å²) in [6.07, 6.45) is 8.80. The van der Waals surface area contributed by atoms with E-state index in [0.717, 1.165) is 12.8 Å². The second-order valence-electron chi connectivity index (χ2n) is 7.72. The average molecular weight is 332 g/mol. The molecule has 134 valence electrons. The lowest BCUT2D eigenvalue weighted by molar-refractivity contribution is -0.137. The van der Waals surface area contributed by atoms with Crippen LogP contribution < -0.4 is 0 Å². The van der Waals surface area contributed by atoms with E-state index in [2.05, 4.69) is 20.8 Å². The molecular weight excluding hydrogens is 300 g/mol. The second kappa shape index (κ2) is 8.00. The van der Waals surface area contributed by atoms with Crippen molar-refractivity contribution in [2.45, 2.75) is 59.8 Å². The number of piperazine rings is 1. The lowest BCUT2D eigenvalue weighted by Crippen LogP contribution is -2.50. The maximum atomic E-state index is 12.5. The van der Waals surface area contributed by atoms with Crippen LogP contribution in [0.3, 0.4) is 0 Å². The Bertz CT molecular complexity index is 538. The van der Waals surface area contributed by atoms with Gasteiger partial charge in [0.2, 0.25) is 11.8 Å². The number of rotatable bonds is 4. The first-order valence-corrected chi connectivity index (χ1v) is 9.30. The smallest absolute Gasteiger partial charge is 0.246 e. The number of carbonyl (C=O) groups excluding carboxylic acids is 2. The standard InChI is InChI=1S/C20H32N2O2/c1-5-7-18(23)21-12-14-22(15-13-21)19(24)10-9-17-16(2)8-6-11-20(17,3)4/h9-10H,5-8,11-15H2,1-4H3/b10-9+. The van der Waals surface area contributed by atoms with E-state index in [-0.39, 0.29) is 17.2 Å². The zero-order chi connectivity index (χ0) is 17.7. The number of hydrogen-bond donors (Lipinski definition) is 0. The van der Waals surface area contributed by atoms with Crippen LogP contribution in [0.25, 0.3) is 0 Å². The molecule has 0 N–H and O–H groups in total. The van der Waals surface area contributed by atoms with Crippen molar-refractivity contribution in [2.75, 3.05) is 26.2 Å². The van der Waals surface area contributed by atoms with Crippen molar-refractivity contribution in [3.05, 3.63) is 23.3 Å². The molecule has 0 saturated carbocycles. The van der Waals surface area contributed by atoms with Crippen molar-refractivity contribution in [1.82, 2.24) is 9.80 Å². The Hall–Kier alpha value is -1.58. The van der Waals surface area contributed by atoms with E-state index in [1.165, 1.54) is 24.0 Å². The summed E-state index contributed by atoms with van der Waals surface area (Å²) in [6.45, 7) is 11.3. The molecule has 0 spiro atoms. The first-order chi connectivity index (χ1) is 11.3. The Kier molecular flexibility index (Phi) is 6.25. The SMILES string of the molecule is CCCC(=O)N1CCN(C(=O)/C=C/C2=C(C)CCCC2(C)C)CC1. The van der Waals surface area contributed by atoms with Crippen LogP contribution in [0.15, 0.2) is 23.3 Å². The van der Waals surface area contributed by atoms with Crippen LogP contribution in [0.1, 0.15) is 59.8 Å². The topological polar surface area (TPSA) is 40.6 Å². The fraction of sp³-hybridized carbons (Fsp3) is 0.700. The highest BCUT2D eigenvalue weighted by Crippen LogP contribution is 2.40. The molecule has 1 saturated heterocycles. The molecule has 4 nitrogen and oxygen atoms in total. The minimum atomic E-state index is 0.0688. The molecule has 2 aliphatic rings. The molecule has 1 fully saturated rings. The van der Waals surface area contributed by atoms with E-state index in [1.54, 1.807) is 6.08 Å². The molecule has 0 aromatic heterocycles. The van der Waals surface area contributed by atoms with Gasteiger partial charge in [-0.1, -0.05) is 32.4 Å². The maximum Gasteiger partial charge on any atom is 0.246 e. The molecule has 0 unspecified atom stereocenters. The van der Waals surface area contributed by atoms with E-state index >= 15 is 0 Å². The van der Waals surface area contributed by atoms with Gasteiger partial charge in [0.1, 0.15) is 0 Å². The molecule has 2 amide bonds. The van der Waals surface area contributed by atoms with E-state index < -0.39 is 0 Å². The molecule has 2 rings (SSSR count). The molecule has 1 aliphatic heterocycles. The minimum Gasteiger partial charge on any atom is -0.339 e. The van der Waals surface area contributed by atoms with Crippen molar-refractivity contribution >= 4 is 11.8 Å². The number of hydrogen-bond acceptors (Lipinski definition) is 2. The van der Waals surface area contributed by atoms with Crippen LogP contribution in [0.2, 0.25) is 0 Å². The van der Waals surface area contributed by atoms with Gasteiger partial charge in [0.25, 0.3) is 0 Å². The highest BCUT2D eigenvalue weighted by atomic mass is 16.2. The van der Waals surface area contributed by atoms with Gasteiger partial charge in [0.05, 0.1) is 0 Å². The molecule has 0 aromatic rings. The van der Waals surface area contributed by atoms with Gasteiger partial charge in [-0.15, -0.1) is 0 Å². The minimum absolute atomic E-state index is 0.0688. The zero-order valence-corrected chi connectivity index (χ0v) is 15.7. The molecule has 0 radical (unpaired) electrons. The first-order valence-electron chi connectivity index (χ1n) is 9.30. The van der Waals surface area contributed by atoms with Gasteiger partial charge >= 0.3 is 0 Å². The van der Waals surface area contributed by atoms with E-state index in [9.17, 15) is 9.59 Å². The van der Waals surface area contributed by atoms with Crippen molar-refractivity contribution in [3.8, 4) is 0 Å². The third kappa shape index (κ3) is 4.49. The quantitative estimate of drug-likeness (QED) is 0.739. The third-order valence-corrected chi connectivity index (χ3v) is 5.34. The van der Waals surface area contributed by atoms with Crippen LogP contribution in [0, 0.1) is 5.41 Å². The number of amides is 2. The highest BCUT2D eigenvalue weighted by molar-refractivity contribution is 5.88. The summed E-state index contributed by atoms with van der Waals surface area (Å²) in [6, 6.07) is 0. The van der Waals surface area contributed by atoms with Gasteiger partial charge in [-0.25, -0.2) is 0 Å². The van der Waals surface area contributed by atoms with Gasteiger partial charge in [0.15, 0.2) is 0 Å². The predicted octanol–water partition coefficient (Wildman–Crippen LogP) is 3.54. The van der Waals surface area contributed by atoms with E-state index in [1.807, 2.05) is 22.8 Å². The molecule has 24 heavy (non-hydrogen) atoms. The Morgan fingerprint density at radius 2 is 1.75 bits per heavy atom. The van der Waals surface area contributed by atoms with Gasteiger partial charge < -0.3 is 9.80 Å². The Labute approximate surface area is 146 Å². The van der Waals surface area contributed by atoms with Crippen molar-refractivity contribution in [1.29, 1.82) is 0 Å². The summed E-state index contributed by atoms with van der Waals surface area (Å²) in [5, 5.41) is 0. The Morgan fingerprint density at radius 3 is 2.33 bits per heavy atom. The molecule has 0 aromatic carbocycles. The second-order valence-corrected chi connectivity index (χ2v) is 7.72. The molecule has 4 heteroatoms. The van der Waals surface area contributed by atoms with Crippen LogP contribution in [0.5, 0.6) is 0 Å². The first kappa shape index (κ1) is 18.8. The Balaban J connectivity index is 1.93. The normalized spacial score (nSPS) is 21.5. The summed E-state index contributed by atoms with van der Waals surface area (Å²) >= 11 is 0. The number of nitrogens with zero attached hydrogens (tertiary/aromatic N) is 2. The van der Waals surface area contributed by atoms with E-state index in [4.69, 9.17) is 0 Å². The molecule has 1 heterocycles. The van der Waals surface area contributed by atoms with Crippen molar-refractivity contribution in [2.24, 2.45) is 5.41 Å². The average Bonchev–Trinajstić information content (AvgIpc) is 2.54. The number of carbonyl (C=O) groups is 2. The summed E-state index contributed by atoms with van der Waals surface area (Å²) in [4.78, 5) is 28.1. The highest BCUT2D eigenvalue weighted by Gasteiger charge is 2.27. The largest absolute Gasteiger partial charge is 0.339 e. The lowest BCUT2D eigenvalue weighted by Gasteiger charge is -2.35. The third-order valence-electron chi connectivity index (χ3n) is 5.34. The zero-order valence-electron chi connectivity index (χ0n) is 15.7. The van der Waals surface area contributed by atoms with Gasteiger partial charge in [-0.05, 0) is 43.6 Å². The van der Waals surface area contributed by atoms with Crippen LogP contribution >= 0.6 is 0 Å². The lowest BCUT2D eigenvalue weighted by atomic mass is 9.72.